The summed E-state index contributed by atoms with van der Waals surface area (Å²) in [5.41, 5.74) is 0.337. The molecule has 0 bridgehead atoms. The minimum Gasteiger partial charge on any atom is -0.314 e. The molecule has 2 aliphatic rings. The minimum atomic E-state index is 0.269. The van der Waals surface area contributed by atoms with E-state index in [2.05, 4.69) is 9.80 Å². The highest BCUT2D eigenvalue weighted by atomic mass is 127. The van der Waals surface area contributed by atoms with E-state index < -0.39 is 0 Å². The first kappa shape index (κ1) is 12.7. The highest BCUT2D eigenvalue weighted by molar-refractivity contribution is 14.1. The summed E-state index contributed by atoms with van der Waals surface area (Å²) < 4.78 is 5.27. The third-order valence-electron chi connectivity index (χ3n) is 3.64. The van der Waals surface area contributed by atoms with E-state index in [4.69, 9.17) is 3.07 Å². The zero-order valence-electron chi connectivity index (χ0n) is 9.75. The molecule has 0 aromatic rings. The molecule has 92 valence electrons. The number of hydrogen-bond donors (Lipinski definition) is 0. The molecule has 1 aliphatic heterocycles. The second-order valence-corrected chi connectivity index (χ2v) is 5.57. The summed E-state index contributed by atoms with van der Waals surface area (Å²) in [7, 11) is 0. The van der Waals surface area contributed by atoms with E-state index in [1.165, 1.54) is 12.8 Å². The third kappa shape index (κ3) is 2.94. The average Bonchev–Trinajstić information content (AvgIpc) is 2.99. The predicted molar refractivity (Wildman–Crippen MR) is 70.6 cm³/mol. The smallest absolute Gasteiger partial charge is 0.143 e. The quantitative estimate of drug-likeness (QED) is 0.703. The molecule has 0 aromatic carbocycles. The number of halogens is 1. The molecule has 2 rings (SSSR count). The van der Waals surface area contributed by atoms with Crippen molar-refractivity contribution in [3.05, 3.63) is 0 Å². The first-order valence-corrected chi connectivity index (χ1v) is 6.75. The van der Waals surface area contributed by atoms with Crippen LogP contribution in [0.2, 0.25) is 0 Å². The lowest BCUT2D eigenvalue weighted by Gasteiger charge is -2.39. The van der Waals surface area contributed by atoms with Gasteiger partial charge in [-0.1, -0.05) is 0 Å². The molecule has 1 aliphatic carbocycles. The second kappa shape index (κ2) is 5.29. The number of carbonyl (C=O) groups is 1. The molecule has 0 radical (unpaired) electrons. The zero-order chi connectivity index (χ0) is 11.6. The van der Waals surface area contributed by atoms with E-state index in [9.17, 15) is 4.79 Å². The first-order valence-electron chi connectivity index (χ1n) is 5.87. The van der Waals surface area contributed by atoms with Gasteiger partial charge in [-0.3, -0.25) is 14.6 Å². The van der Waals surface area contributed by atoms with Crippen LogP contribution < -0.4 is 0 Å². The molecule has 1 saturated heterocycles. The van der Waals surface area contributed by atoms with Crippen molar-refractivity contribution < 1.29 is 7.86 Å². The number of piperazine rings is 1. The lowest BCUT2D eigenvalue weighted by Crippen LogP contribution is -2.53. The Morgan fingerprint density at radius 1 is 1.31 bits per heavy atom. The second-order valence-electron chi connectivity index (χ2n) is 4.94. The number of nitrogens with zero attached hydrogens (tertiary/aromatic N) is 2. The van der Waals surface area contributed by atoms with Crippen LogP contribution in [0.25, 0.3) is 0 Å². The Morgan fingerprint density at radius 2 is 1.94 bits per heavy atom. The zero-order valence-corrected chi connectivity index (χ0v) is 11.9. The largest absolute Gasteiger partial charge is 0.314 e. The molecule has 2 fully saturated rings. The van der Waals surface area contributed by atoms with Crippen LogP contribution in [0.1, 0.15) is 19.8 Å². The van der Waals surface area contributed by atoms with Crippen molar-refractivity contribution in [2.45, 2.75) is 25.3 Å². The lowest BCUT2D eigenvalue weighted by molar-refractivity contribution is -0.118. The Balaban J connectivity index is 1.79. The van der Waals surface area contributed by atoms with E-state index in [1.54, 1.807) is 6.92 Å². The molecule has 16 heavy (non-hydrogen) atoms. The summed E-state index contributed by atoms with van der Waals surface area (Å²) in [5, 5.41) is 0. The average molecular weight is 338 g/mol. The highest BCUT2D eigenvalue weighted by Gasteiger charge is 2.48. The van der Waals surface area contributed by atoms with Gasteiger partial charge < -0.3 is 3.07 Å². The van der Waals surface area contributed by atoms with Crippen molar-refractivity contribution in [2.24, 2.45) is 0 Å². The first-order chi connectivity index (χ1) is 7.66. The predicted octanol–water partition coefficient (Wildman–Crippen LogP) is 1.09. The van der Waals surface area contributed by atoms with Gasteiger partial charge in [0.05, 0.1) is 13.2 Å². The molecule has 0 N–H and O–H groups in total. The fourth-order valence-electron chi connectivity index (χ4n) is 2.49. The Bertz CT molecular complexity index is 261. The highest BCUT2D eigenvalue weighted by Crippen LogP contribution is 2.42. The summed E-state index contributed by atoms with van der Waals surface area (Å²) in [4.78, 5) is 15.8. The number of rotatable bonds is 5. The molecule has 0 unspecified atom stereocenters. The van der Waals surface area contributed by atoms with Crippen LogP contribution >= 0.6 is 23.0 Å². The maximum atomic E-state index is 11.0. The van der Waals surface area contributed by atoms with Gasteiger partial charge in [-0.25, -0.2) is 0 Å². The van der Waals surface area contributed by atoms with Gasteiger partial charge in [-0.2, -0.15) is 0 Å². The maximum Gasteiger partial charge on any atom is 0.143 e. The number of carbonyl (C=O) groups excluding carboxylic acids is 1. The molecule has 0 aromatic heterocycles. The van der Waals surface area contributed by atoms with Gasteiger partial charge in [0.1, 0.15) is 28.8 Å². The molecule has 0 spiro atoms. The standard InChI is InChI=1S/C11H19IN2O2/c1-10(15)8-13-4-6-14(7-5-13)11(2-3-11)9-16-12/h2-9H2,1H3. The topological polar surface area (TPSA) is 32.8 Å². The monoisotopic (exact) mass is 338 g/mol. The number of Topliss-reactive ketones (excluding diaryl/α,β-unsaturated/α-hetero) is 1. The molecule has 1 heterocycles. The van der Waals surface area contributed by atoms with E-state index in [1.807, 2.05) is 23.0 Å². The van der Waals surface area contributed by atoms with Gasteiger partial charge in [-0.15, -0.1) is 0 Å². The Labute approximate surface area is 111 Å². The van der Waals surface area contributed by atoms with Crippen LogP contribution in [-0.2, 0) is 7.86 Å². The molecule has 0 atom stereocenters. The van der Waals surface area contributed by atoms with Crippen LogP contribution in [0.3, 0.4) is 0 Å². The van der Waals surface area contributed by atoms with Gasteiger partial charge in [-0.05, 0) is 19.8 Å². The van der Waals surface area contributed by atoms with E-state index >= 15 is 0 Å². The van der Waals surface area contributed by atoms with Crippen LogP contribution in [0.4, 0.5) is 0 Å². The van der Waals surface area contributed by atoms with Crippen molar-refractivity contribution in [3.8, 4) is 0 Å². The van der Waals surface area contributed by atoms with Gasteiger partial charge in [0.15, 0.2) is 0 Å². The SMILES string of the molecule is CC(=O)CN1CCN(C2(COI)CC2)CC1. The molecule has 1 saturated carbocycles. The summed E-state index contributed by atoms with van der Waals surface area (Å²) >= 11 is 1.99. The van der Waals surface area contributed by atoms with Gasteiger partial charge >= 0.3 is 0 Å². The number of ketones is 1. The van der Waals surface area contributed by atoms with Crippen molar-refractivity contribution in [2.75, 3.05) is 39.3 Å². The Hall–Kier alpha value is 0.280. The van der Waals surface area contributed by atoms with Crippen LogP contribution in [0, 0.1) is 0 Å². The molecular formula is C11H19IN2O2. The van der Waals surface area contributed by atoms with Crippen molar-refractivity contribution in [3.63, 3.8) is 0 Å². The molecule has 0 amide bonds. The Morgan fingerprint density at radius 3 is 2.38 bits per heavy atom. The van der Waals surface area contributed by atoms with Crippen molar-refractivity contribution in [1.29, 1.82) is 0 Å². The minimum absolute atomic E-state index is 0.269. The lowest BCUT2D eigenvalue weighted by atomic mass is 10.2. The van der Waals surface area contributed by atoms with Gasteiger partial charge in [0, 0.05) is 31.7 Å². The third-order valence-corrected chi connectivity index (χ3v) is 3.95. The van der Waals surface area contributed by atoms with Crippen molar-refractivity contribution >= 4 is 28.8 Å². The fourth-order valence-corrected chi connectivity index (χ4v) is 3.07. The maximum absolute atomic E-state index is 11.0. The fraction of sp³-hybridized carbons (Fsp3) is 0.909. The van der Waals surface area contributed by atoms with Gasteiger partial charge in [0.25, 0.3) is 0 Å². The van der Waals surface area contributed by atoms with Gasteiger partial charge in [0.2, 0.25) is 0 Å². The van der Waals surface area contributed by atoms with Crippen LogP contribution in [0.5, 0.6) is 0 Å². The summed E-state index contributed by atoms with van der Waals surface area (Å²) in [6.07, 6.45) is 2.53. The van der Waals surface area contributed by atoms with Crippen LogP contribution in [0.15, 0.2) is 0 Å². The molecule has 4 nitrogen and oxygen atoms in total. The van der Waals surface area contributed by atoms with Crippen molar-refractivity contribution in [1.82, 2.24) is 9.80 Å². The molecular weight excluding hydrogens is 319 g/mol. The number of hydrogen-bond acceptors (Lipinski definition) is 4. The van der Waals surface area contributed by atoms with E-state index in [0.29, 0.717) is 12.1 Å². The summed E-state index contributed by atoms with van der Waals surface area (Å²) in [6, 6.07) is 0. The summed E-state index contributed by atoms with van der Waals surface area (Å²) in [6.45, 7) is 7.31. The van der Waals surface area contributed by atoms with E-state index in [-0.39, 0.29) is 5.78 Å². The summed E-state index contributed by atoms with van der Waals surface area (Å²) in [5.74, 6) is 0.269. The Kier molecular flexibility index (Phi) is 4.21. The van der Waals surface area contributed by atoms with Crippen LogP contribution in [-0.4, -0.2) is 60.5 Å². The van der Waals surface area contributed by atoms with E-state index in [0.717, 1.165) is 32.8 Å². The molecule has 5 heteroatoms. The normalized spacial score (nSPS) is 25.6.